The lowest BCUT2D eigenvalue weighted by Crippen LogP contribution is -1.94. The molecule has 0 heterocycles. The van der Waals surface area contributed by atoms with Crippen molar-refractivity contribution in [3.63, 3.8) is 0 Å². The third kappa shape index (κ3) is 3.36. The summed E-state index contributed by atoms with van der Waals surface area (Å²) < 4.78 is 4.31. The number of hydrogen-bond acceptors (Lipinski definition) is 2. The Morgan fingerprint density at radius 2 is 2.33 bits per heavy atom. The van der Waals surface area contributed by atoms with Crippen LogP contribution in [0.1, 0.15) is 6.92 Å². The van der Waals surface area contributed by atoms with E-state index in [1.165, 1.54) is 13.2 Å². The van der Waals surface area contributed by atoms with Gasteiger partial charge in [-0.3, -0.25) is 0 Å². The highest BCUT2D eigenvalue weighted by atomic mass is 16.5. The van der Waals surface area contributed by atoms with Crippen molar-refractivity contribution in [3.05, 3.63) is 11.6 Å². The molecule has 0 aromatic rings. The number of rotatable bonds is 1. The number of carbonyl (C=O) groups is 1. The standard InChI is InChI=1S/C7H8O2/c1-4-6(2)5-7(8)9-3/h1,5H,2-3H3/b6-5-. The van der Waals surface area contributed by atoms with Crippen LogP contribution in [-0.4, -0.2) is 13.1 Å². The average Bonchev–Trinajstić information content (AvgIpc) is 1.87. The van der Waals surface area contributed by atoms with Crippen molar-refractivity contribution in [1.29, 1.82) is 0 Å². The number of allylic oxidation sites excluding steroid dienone is 1. The predicted octanol–water partition coefficient (Wildman–Crippen LogP) is 0.739. The molecule has 2 heteroatoms. The minimum Gasteiger partial charge on any atom is -0.466 e. The summed E-state index contributed by atoms with van der Waals surface area (Å²) >= 11 is 0. The molecule has 0 aromatic heterocycles. The Bertz CT molecular complexity index is 172. The second kappa shape index (κ2) is 3.73. The number of terminal acetylenes is 1. The first-order valence-electron chi connectivity index (χ1n) is 2.43. The van der Waals surface area contributed by atoms with E-state index in [-0.39, 0.29) is 0 Å². The van der Waals surface area contributed by atoms with E-state index >= 15 is 0 Å². The predicted molar refractivity (Wildman–Crippen MR) is 34.6 cm³/mol. The van der Waals surface area contributed by atoms with Gasteiger partial charge in [-0.1, -0.05) is 5.92 Å². The van der Waals surface area contributed by atoms with E-state index in [2.05, 4.69) is 10.7 Å². The van der Waals surface area contributed by atoms with Crippen molar-refractivity contribution in [2.24, 2.45) is 0 Å². The summed E-state index contributed by atoms with van der Waals surface area (Å²) in [6.07, 6.45) is 6.21. The summed E-state index contributed by atoms with van der Waals surface area (Å²) in [5.74, 6) is 1.88. The van der Waals surface area contributed by atoms with Crippen LogP contribution < -0.4 is 0 Å². The second-order valence-electron chi connectivity index (χ2n) is 1.49. The molecule has 0 fully saturated rings. The zero-order valence-corrected chi connectivity index (χ0v) is 5.47. The molecule has 0 aliphatic carbocycles. The van der Waals surface area contributed by atoms with Crippen molar-refractivity contribution in [2.75, 3.05) is 7.11 Å². The molecule has 0 radical (unpaired) electrons. The lowest BCUT2D eigenvalue weighted by Gasteiger charge is -1.88. The van der Waals surface area contributed by atoms with Gasteiger partial charge in [-0.2, -0.15) is 0 Å². The molecule has 0 aliphatic heterocycles. The highest BCUT2D eigenvalue weighted by Gasteiger charge is 1.91. The maximum Gasteiger partial charge on any atom is 0.331 e. The number of carbonyl (C=O) groups excluding carboxylic acids is 1. The van der Waals surface area contributed by atoms with Gasteiger partial charge < -0.3 is 4.74 Å². The molecule has 0 aliphatic rings. The quantitative estimate of drug-likeness (QED) is 0.293. The molecular formula is C7H8O2. The topological polar surface area (TPSA) is 26.3 Å². The zero-order chi connectivity index (χ0) is 7.28. The van der Waals surface area contributed by atoms with Crippen LogP contribution in [0.2, 0.25) is 0 Å². The second-order valence-corrected chi connectivity index (χ2v) is 1.49. The van der Waals surface area contributed by atoms with Gasteiger partial charge in [0.15, 0.2) is 0 Å². The van der Waals surface area contributed by atoms with Crippen LogP contribution in [0.5, 0.6) is 0 Å². The number of ether oxygens (including phenoxy) is 1. The van der Waals surface area contributed by atoms with E-state index < -0.39 is 5.97 Å². The van der Waals surface area contributed by atoms with Crippen LogP contribution in [0.25, 0.3) is 0 Å². The normalized spacial score (nSPS) is 10.1. The van der Waals surface area contributed by atoms with Crippen LogP contribution in [-0.2, 0) is 9.53 Å². The van der Waals surface area contributed by atoms with E-state index in [4.69, 9.17) is 6.42 Å². The fourth-order valence-corrected chi connectivity index (χ4v) is 0.277. The molecule has 0 atom stereocenters. The van der Waals surface area contributed by atoms with Gasteiger partial charge in [0.05, 0.1) is 7.11 Å². The minimum atomic E-state index is -0.412. The Morgan fingerprint density at radius 3 is 2.67 bits per heavy atom. The Labute approximate surface area is 54.5 Å². The number of methoxy groups -OCH3 is 1. The highest BCUT2D eigenvalue weighted by Crippen LogP contribution is 1.88. The third-order valence-corrected chi connectivity index (χ3v) is 0.763. The summed E-state index contributed by atoms with van der Waals surface area (Å²) in [6.45, 7) is 1.66. The first-order valence-corrected chi connectivity index (χ1v) is 2.43. The van der Waals surface area contributed by atoms with Crippen LogP contribution in [0.3, 0.4) is 0 Å². The average molecular weight is 124 g/mol. The summed E-state index contributed by atoms with van der Waals surface area (Å²) in [5, 5.41) is 0. The number of hydrogen-bond donors (Lipinski definition) is 0. The van der Waals surface area contributed by atoms with Crippen LogP contribution >= 0.6 is 0 Å². The molecule has 9 heavy (non-hydrogen) atoms. The van der Waals surface area contributed by atoms with Gasteiger partial charge in [0, 0.05) is 11.6 Å². The molecule has 0 aromatic carbocycles. The Hall–Kier alpha value is -1.23. The van der Waals surface area contributed by atoms with Crippen molar-refractivity contribution >= 4 is 5.97 Å². The van der Waals surface area contributed by atoms with E-state index in [0.29, 0.717) is 5.57 Å². The maximum absolute atomic E-state index is 10.4. The molecule has 2 nitrogen and oxygen atoms in total. The lowest BCUT2D eigenvalue weighted by molar-refractivity contribution is -0.134. The van der Waals surface area contributed by atoms with Gasteiger partial charge >= 0.3 is 5.97 Å². The largest absolute Gasteiger partial charge is 0.466 e. The highest BCUT2D eigenvalue weighted by molar-refractivity contribution is 5.83. The molecule has 0 saturated carbocycles. The minimum absolute atomic E-state index is 0.412. The molecule has 0 saturated heterocycles. The molecule has 0 amide bonds. The van der Waals surface area contributed by atoms with Gasteiger partial charge in [-0.15, -0.1) is 6.42 Å². The van der Waals surface area contributed by atoms with Crippen molar-refractivity contribution in [1.82, 2.24) is 0 Å². The SMILES string of the molecule is C#C/C(C)=C\C(=O)OC. The molecule has 48 valence electrons. The van der Waals surface area contributed by atoms with Crippen molar-refractivity contribution in [3.8, 4) is 12.3 Å². The maximum atomic E-state index is 10.4. The molecule has 0 N–H and O–H groups in total. The monoisotopic (exact) mass is 124 g/mol. The first-order chi connectivity index (χ1) is 4.20. The molecule has 0 unspecified atom stereocenters. The van der Waals surface area contributed by atoms with Gasteiger partial charge in [-0.05, 0) is 6.92 Å². The van der Waals surface area contributed by atoms with Gasteiger partial charge in [0.1, 0.15) is 0 Å². The molecule has 0 spiro atoms. The van der Waals surface area contributed by atoms with Crippen LogP contribution in [0.15, 0.2) is 11.6 Å². The van der Waals surface area contributed by atoms with Gasteiger partial charge in [-0.25, -0.2) is 4.79 Å². The van der Waals surface area contributed by atoms with E-state index in [1.807, 2.05) is 0 Å². The van der Waals surface area contributed by atoms with Crippen LogP contribution in [0, 0.1) is 12.3 Å². The smallest absolute Gasteiger partial charge is 0.331 e. The summed E-state index contributed by atoms with van der Waals surface area (Å²) in [4.78, 5) is 10.4. The van der Waals surface area contributed by atoms with E-state index in [0.717, 1.165) is 0 Å². The number of esters is 1. The Kier molecular flexibility index (Phi) is 3.22. The molecule has 0 rings (SSSR count). The van der Waals surface area contributed by atoms with E-state index in [1.54, 1.807) is 6.92 Å². The first kappa shape index (κ1) is 7.77. The Balaban J connectivity index is 4.00. The summed E-state index contributed by atoms with van der Waals surface area (Å²) in [5.41, 5.74) is 0.571. The van der Waals surface area contributed by atoms with Crippen molar-refractivity contribution < 1.29 is 9.53 Å². The van der Waals surface area contributed by atoms with Gasteiger partial charge in [0.25, 0.3) is 0 Å². The Morgan fingerprint density at radius 1 is 1.78 bits per heavy atom. The lowest BCUT2D eigenvalue weighted by atomic mass is 10.3. The molecule has 0 bridgehead atoms. The summed E-state index contributed by atoms with van der Waals surface area (Å²) in [7, 11) is 1.31. The zero-order valence-electron chi connectivity index (χ0n) is 5.47. The van der Waals surface area contributed by atoms with E-state index in [9.17, 15) is 4.79 Å². The fraction of sp³-hybridized carbons (Fsp3) is 0.286. The van der Waals surface area contributed by atoms with Crippen molar-refractivity contribution in [2.45, 2.75) is 6.92 Å². The summed E-state index contributed by atoms with van der Waals surface area (Å²) in [6, 6.07) is 0. The molecular weight excluding hydrogens is 116 g/mol. The third-order valence-electron chi connectivity index (χ3n) is 0.763. The van der Waals surface area contributed by atoms with Gasteiger partial charge in [0.2, 0.25) is 0 Å². The fourth-order valence-electron chi connectivity index (χ4n) is 0.277. The van der Waals surface area contributed by atoms with Crippen LogP contribution in [0.4, 0.5) is 0 Å².